The van der Waals surface area contributed by atoms with Crippen molar-refractivity contribution in [2.45, 2.75) is 6.54 Å². The second kappa shape index (κ2) is 5.72. The molecule has 0 aliphatic carbocycles. The van der Waals surface area contributed by atoms with Gasteiger partial charge in [0.2, 0.25) is 0 Å². The van der Waals surface area contributed by atoms with Gasteiger partial charge in [0.25, 0.3) is 5.91 Å². The zero-order chi connectivity index (χ0) is 12.8. The van der Waals surface area contributed by atoms with E-state index in [4.69, 9.17) is 0 Å². The fraction of sp³-hybridized carbons (Fsp3) is 0.167. The van der Waals surface area contributed by atoms with Crippen LogP contribution in [0, 0.1) is 0 Å². The van der Waals surface area contributed by atoms with Gasteiger partial charge in [-0.1, -0.05) is 0 Å². The summed E-state index contributed by atoms with van der Waals surface area (Å²) in [5, 5.41) is 13.3. The molecule has 0 aliphatic heterocycles. The van der Waals surface area contributed by atoms with Crippen molar-refractivity contribution in [1.29, 1.82) is 0 Å². The van der Waals surface area contributed by atoms with Gasteiger partial charge in [-0.05, 0) is 24.3 Å². The lowest BCUT2D eigenvalue weighted by Gasteiger charge is -2.05. The molecule has 2 N–H and O–H groups in total. The van der Waals surface area contributed by atoms with Crippen molar-refractivity contribution in [1.82, 2.24) is 20.5 Å². The van der Waals surface area contributed by atoms with Gasteiger partial charge in [-0.3, -0.25) is 4.79 Å². The van der Waals surface area contributed by atoms with E-state index in [2.05, 4.69) is 25.8 Å². The van der Waals surface area contributed by atoms with E-state index in [-0.39, 0.29) is 5.91 Å². The molecular formula is C12H13N5O. The molecule has 18 heavy (non-hydrogen) atoms. The maximum Gasteiger partial charge on any atom is 0.251 e. The summed E-state index contributed by atoms with van der Waals surface area (Å²) >= 11 is 0. The number of nitrogens with one attached hydrogen (secondary N) is 2. The molecule has 0 unspecified atom stereocenters. The molecule has 0 fully saturated rings. The van der Waals surface area contributed by atoms with Crippen molar-refractivity contribution in [3.05, 3.63) is 47.9 Å². The summed E-state index contributed by atoms with van der Waals surface area (Å²) in [6.45, 7) is 0.351. The van der Waals surface area contributed by atoms with Gasteiger partial charge in [0.15, 0.2) is 0 Å². The van der Waals surface area contributed by atoms with Gasteiger partial charge in [0.05, 0.1) is 12.2 Å². The third-order valence-corrected chi connectivity index (χ3v) is 2.34. The Morgan fingerprint density at radius 1 is 1.33 bits per heavy atom. The number of pyridine rings is 1. The Bertz CT molecular complexity index is 529. The maximum absolute atomic E-state index is 11.9. The minimum Gasteiger partial charge on any atom is -0.373 e. The lowest BCUT2D eigenvalue weighted by atomic mass is 10.2. The predicted molar refractivity (Wildman–Crippen MR) is 67.0 cm³/mol. The average Bonchev–Trinajstić information content (AvgIpc) is 2.46. The first-order valence-corrected chi connectivity index (χ1v) is 5.48. The first kappa shape index (κ1) is 12.0. The van der Waals surface area contributed by atoms with Crippen LogP contribution in [0.2, 0.25) is 0 Å². The molecule has 92 valence electrons. The van der Waals surface area contributed by atoms with E-state index >= 15 is 0 Å². The van der Waals surface area contributed by atoms with Gasteiger partial charge in [0, 0.05) is 25.0 Å². The Morgan fingerprint density at radius 2 is 2.22 bits per heavy atom. The quantitative estimate of drug-likeness (QED) is 0.832. The van der Waals surface area contributed by atoms with Crippen LogP contribution in [-0.2, 0) is 6.54 Å². The molecule has 0 spiro atoms. The Balaban J connectivity index is 1.99. The molecule has 6 heteroatoms. The highest BCUT2D eigenvalue weighted by molar-refractivity contribution is 5.94. The van der Waals surface area contributed by atoms with Crippen molar-refractivity contribution < 1.29 is 4.79 Å². The van der Waals surface area contributed by atoms with E-state index in [0.29, 0.717) is 23.6 Å². The fourth-order valence-electron chi connectivity index (χ4n) is 1.41. The molecule has 1 amide bonds. The van der Waals surface area contributed by atoms with E-state index in [1.165, 1.54) is 0 Å². The Morgan fingerprint density at radius 3 is 2.94 bits per heavy atom. The number of rotatable bonds is 4. The van der Waals surface area contributed by atoms with Crippen LogP contribution >= 0.6 is 0 Å². The van der Waals surface area contributed by atoms with E-state index < -0.39 is 0 Å². The number of nitrogens with zero attached hydrogens (tertiary/aromatic N) is 3. The number of anilines is 1. The minimum absolute atomic E-state index is 0.167. The van der Waals surface area contributed by atoms with Crippen molar-refractivity contribution in [3.8, 4) is 0 Å². The van der Waals surface area contributed by atoms with E-state index in [1.807, 2.05) is 0 Å². The van der Waals surface area contributed by atoms with Crippen LogP contribution in [0.25, 0.3) is 0 Å². The maximum atomic E-state index is 11.9. The monoisotopic (exact) mass is 243 g/mol. The standard InChI is InChI=1S/C12H13N5O/c1-13-11-7-9(4-6-14-11)12(18)15-8-10-3-2-5-16-17-10/h2-7H,8H2,1H3,(H,13,14)(H,15,18). The third kappa shape index (κ3) is 3.00. The van der Waals surface area contributed by atoms with Gasteiger partial charge < -0.3 is 10.6 Å². The summed E-state index contributed by atoms with van der Waals surface area (Å²) in [6, 6.07) is 6.93. The second-order valence-electron chi connectivity index (χ2n) is 3.58. The molecule has 2 rings (SSSR count). The van der Waals surface area contributed by atoms with Crippen molar-refractivity contribution >= 4 is 11.7 Å². The zero-order valence-corrected chi connectivity index (χ0v) is 9.92. The van der Waals surface area contributed by atoms with Crippen molar-refractivity contribution in [3.63, 3.8) is 0 Å². The molecule has 6 nitrogen and oxygen atoms in total. The third-order valence-electron chi connectivity index (χ3n) is 2.34. The van der Waals surface area contributed by atoms with Crippen LogP contribution < -0.4 is 10.6 Å². The zero-order valence-electron chi connectivity index (χ0n) is 9.92. The number of carbonyl (C=O) groups excluding carboxylic acids is 1. The van der Waals surface area contributed by atoms with Crippen LogP contribution in [0.3, 0.4) is 0 Å². The Hall–Kier alpha value is -2.50. The molecule has 0 aromatic carbocycles. The summed E-state index contributed by atoms with van der Waals surface area (Å²) in [4.78, 5) is 15.9. The molecule has 2 aromatic heterocycles. The lowest BCUT2D eigenvalue weighted by molar-refractivity contribution is 0.0950. The van der Waals surface area contributed by atoms with Crippen LogP contribution in [0.4, 0.5) is 5.82 Å². The minimum atomic E-state index is -0.167. The van der Waals surface area contributed by atoms with Crippen LogP contribution in [-0.4, -0.2) is 28.1 Å². The fourth-order valence-corrected chi connectivity index (χ4v) is 1.41. The average molecular weight is 243 g/mol. The van der Waals surface area contributed by atoms with Gasteiger partial charge in [0.1, 0.15) is 5.82 Å². The number of amides is 1. The Kier molecular flexibility index (Phi) is 3.80. The summed E-state index contributed by atoms with van der Waals surface area (Å²) in [7, 11) is 1.75. The molecule has 0 bridgehead atoms. The lowest BCUT2D eigenvalue weighted by Crippen LogP contribution is -2.23. The van der Waals surface area contributed by atoms with Crippen LogP contribution in [0.15, 0.2) is 36.7 Å². The van der Waals surface area contributed by atoms with E-state index in [9.17, 15) is 4.79 Å². The van der Waals surface area contributed by atoms with Gasteiger partial charge in [-0.15, -0.1) is 0 Å². The second-order valence-corrected chi connectivity index (χ2v) is 3.58. The highest BCUT2D eigenvalue weighted by atomic mass is 16.1. The van der Waals surface area contributed by atoms with Crippen molar-refractivity contribution in [2.75, 3.05) is 12.4 Å². The summed E-state index contributed by atoms with van der Waals surface area (Å²) < 4.78 is 0. The molecule has 2 heterocycles. The highest BCUT2D eigenvalue weighted by Crippen LogP contribution is 2.05. The van der Waals surface area contributed by atoms with Gasteiger partial charge in [-0.2, -0.15) is 10.2 Å². The van der Waals surface area contributed by atoms with E-state index in [0.717, 1.165) is 0 Å². The van der Waals surface area contributed by atoms with Gasteiger partial charge in [-0.25, -0.2) is 4.98 Å². The highest BCUT2D eigenvalue weighted by Gasteiger charge is 2.06. The SMILES string of the molecule is CNc1cc(C(=O)NCc2cccnn2)ccn1. The molecule has 2 aromatic rings. The molecule has 0 saturated carbocycles. The number of carbonyl (C=O) groups is 1. The summed E-state index contributed by atoms with van der Waals surface area (Å²) in [6.07, 6.45) is 3.18. The van der Waals surface area contributed by atoms with Crippen LogP contribution in [0.5, 0.6) is 0 Å². The molecule has 0 aliphatic rings. The van der Waals surface area contributed by atoms with Gasteiger partial charge >= 0.3 is 0 Å². The molecular weight excluding hydrogens is 230 g/mol. The smallest absolute Gasteiger partial charge is 0.251 e. The van der Waals surface area contributed by atoms with Crippen molar-refractivity contribution in [2.24, 2.45) is 0 Å². The molecule has 0 atom stereocenters. The summed E-state index contributed by atoms with van der Waals surface area (Å²) in [5.41, 5.74) is 1.27. The first-order valence-electron chi connectivity index (χ1n) is 5.48. The Labute approximate surface area is 104 Å². The van der Waals surface area contributed by atoms with Crippen LogP contribution in [0.1, 0.15) is 16.1 Å². The largest absolute Gasteiger partial charge is 0.373 e. The first-order chi connectivity index (χ1) is 8.79. The normalized spacial score (nSPS) is 9.83. The topological polar surface area (TPSA) is 79.8 Å². The number of aromatic nitrogens is 3. The number of hydrogen-bond acceptors (Lipinski definition) is 5. The molecule has 0 radical (unpaired) electrons. The summed E-state index contributed by atoms with van der Waals surface area (Å²) in [5.74, 6) is 0.488. The van der Waals surface area contributed by atoms with E-state index in [1.54, 1.807) is 43.7 Å². The molecule has 0 saturated heterocycles. The number of hydrogen-bond donors (Lipinski definition) is 2. The predicted octanol–water partition coefficient (Wildman–Crippen LogP) is 0.843.